The summed E-state index contributed by atoms with van der Waals surface area (Å²) in [4.78, 5) is 12.4. The standard InChI is InChI=1S/C11H11BrO.C5H5NO2S2.C2H6/c1-3-11(13-4-2)9-5-7-10(12)8-6-9;1-3-4(8)6(2-7)5(9)10-3;1-2/h3-8H,2H2,1H3;7H,1-2H2;1-2H3/b11-3-;;. The maximum absolute atomic E-state index is 10.9. The molecule has 1 aliphatic rings. The highest BCUT2D eigenvalue weighted by atomic mass is 79.9. The Morgan fingerprint density at radius 3 is 2.28 bits per heavy atom. The van der Waals surface area contributed by atoms with Crippen LogP contribution in [0.4, 0.5) is 0 Å². The van der Waals surface area contributed by atoms with Gasteiger partial charge in [0.2, 0.25) is 0 Å². The van der Waals surface area contributed by atoms with Gasteiger partial charge in [0, 0.05) is 10.0 Å². The second-order valence-electron chi connectivity index (χ2n) is 4.11. The van der Waals surface area contributed by atoms with E-state index in [0.717, 1.165) is 32.5 Å². The van der Waals surface area contributed by atoms with Crippen LogP contribution in [0.1, 0.15) is 26.3 Å². The minimum atomic E-state index is -0.357. The monoisotopic (exact) mass is 443 g/mol. The highest BCUT2D eigenvalue weighted by molar-refractivity contribution is 9.10. The third-order valence-corrected chi connectivity index (χ3v) is 4.47. The third kappa shape index (κ3) is 7.56. The molecule has 1 aromatic rings. The van der Waals surface area contributed by atoms with Gasteiger partial charge in [0.25, 0.3) is 5.91 Å². The fraction of sp³-hybridized carbons (Fsp3) is 0.222. The summed E-state index contributed by atoms with van der Waals surface area (Å²) in [6.45, 7) is 12.6. The molecule has 0 atom stereocenters. The van der Waals surface area contributed by atoms with Crippen molar-refractivity contribution >= 4 is 55.9 Å². The average molecular weight is 444 g/mol. The zero-order valence-corrected chi connectivity index (χ0v) is 17.7. The second-order valence-corrected chi connectivity index (χ2v) is 6.75. The van der Waals surface area contributed by atoms with Gasteiger partial charge in [0.05, 0.1) is 11.2 Å². The van der Waals surface area contributed by atoms with Crippen molar-refractivity contribution in [1.82, 2.24) is 4.90 Å². The van der Waals surface area contributed by atoms with E-state index in [-0.39, 0.29) is 12.6 Å². The number of nitrogens with zero attached hydrogens (tertiary/aromatic N) is 1. The lowest BCUT2D eigenvalue weighted by molar-refractivity contribution is -0.124. The van der Waals surface area contributed by atoms with E-state index in [1.54, 1.807) is 0 Å². The van der Waals surface area contributed by atoms with Crippen molar-refractivity contribution in [2.24, 2.45) is 0 Å². The molecular weight excluding hydrogens is 422 g/mol. The van der Waals surface area contributed by atoms with Crippen LogP contribution in [-0.4, -0.2) is 27.0 Å². The fourth-order valence-electron chi connectivity index (χ4n) is 1.57. The van der Waals surface area contributed by atoms with Gasteiger partial charge >= 0.3 is 0 Å². The van der Waals surface area contributed by atoms with Gasteiger partial charge in [-0.2, -0.15) is 0 Å². The Balaban J connectivity index is 0.000000430. The number of benzene rings is 1. The van der Waals surface area contributed by atoms with Crippen LogP contribution >= 0.6 is 39.9 Å². The van der Waals surface area contributed by atoms with Crippen LogP contribution in [0.3, 0.4) is 0 Å². The van der Waals surface area contributed by atoms with E-state index < -0.39 is 0 Å². The summed E-state index contributed by atoms with van der Waals surface area (Å²) in [5.41, 5.74) is 1.05. The summed E-state index contributed by atoms with van der Waals surface area (Å²) in [7, 11) is 0. The lowest BCUT2D eigenvalue weighted by Crippen LogP contribution is -2.28. The van der Waals surface area contributed by atoms with E-state index in [0.29, 0.717) is 9.23 Å². The van der Waals surface area contributed by atoms with Crippen molar-refractivity contribution < 1.29 is 14.6 Å². The number of carbonyl (C=O) groups excluding carboxylic acids is 1. The van der Waals surface area contributed by atoms with Crippen molar-refractivity contribution in [2.45, 2.75) is 20.8 Å². The molecule has 0 radical (unpaired) electrons. The SMILES string of the molecule is C=C1SC(=S)N(CO)C1=O.C=CO/C(=C\C)c1ccc(Br)cc1.CC. The number of rotatable bonds is 4. The van der Waals surface area contributed by atoms with Crippen molar-refractivity contribution in [1.29, 1.82) is 0 Å². The molecule has 7 heteroatoms. The Labute approximate surface area is 167 Å². The molecule has 1 aliphatic heterocycles. The Morgan fingerprint density at radius 2 is 1.96 bits per heavy atom. The molecule has 4 nitrogen and oxygen atoms in total. The van der Waals surface area contributed by atoms with Crippen LogP contribution in [0.25, 0.3) is 5.76 Å². The Morgan fingerprint density at radius 1 is 1.40 bits per heavy atom. The number of halogens is 1. The molecule has 2 rings (SSSR count). The quantitative estimate of drug-likeness (QED) is 0.388. The Bertz CT molecular complexity index is 642. The van der Waals surface area contributed by atoms with Gasteiger partial charge in [-0.25, -0.2) is 0 Å². The first kappa shape index (κ1) is 23.6. The van der Waals surface area contributed by atoms with E-state index in [4.69, 9.17) is 22.1 Å². The number of thioether (sulfide) groups is 1. The van der Waals surface area contributed by atoms with Gasteiger partial charge in [-0.1, -0.05) is 79.0 Å². The van der Waals surface area contributed by atoms with Crippen LogP contribution in [0, 0.1) is 0 Å². The van der Waals surface area contributed by atoms with Crippen LogP contribution in [0.15, 0.2) is 59.1 Å². The summed E-state index contributed by atoms with van der Waals surface area (Å²) in [6.07, 6.45) is 3.34. The smallest absolute Gasteiger partial charge is 0.267 e. The molecule has 0 bridgehead atoms. The van der Waals surface area contributed by atoms with E-state index in [1.807, 2.05) is 51.1 Å². The van der Waals surface area contributed by atoms with Crippen LogP contribution in [-0.2, 0) is 9.53 Å². The number of aliphatic hydroxyl groups is 1. The van der Waals surface area contributed by atoms with Gasteiger partial charge in [-0.3, -0.25) is 9.69 Å². The zero-order valence-electron chi connectivity index (χ0n) is 14.5. The maximum atomic E-state index is 10.9. The summed E-state index contributed by atoms with van der Waals surface area (Å²) >= 11 is 9.23. The van der Waals surface area contributed by atoms with Gasteiger partial charge in [0.1, 0.15) is 16.8 Å². The van der Waals surface area contributed by atoms with E-state index >= 15 is 0 Å². The first-order valence-electron chi connectivity index (χ1n) is 7.47. The molecule has 0 saturated carbocycles. The van der Waals surface area contributed by atoms with Gasteiger partial charge in [-0.15, -0.1) is 0 Å². The predicted octanol–water partition coefficient (Wildman–Crippen LogP) is 5.31. The molecule has 1 aromatic carbocycles. The van der Waals surface area contributed by atoms with Crippen LogP contribution in [0.5, 0.6) is 0 Å². The summed E-state index contributed by atoms with van der Waals surface area (Å²) in [5, 5.41) is 8.59. The lowest BCUT2D eigenvalue weighted by atomic mass is 10.2. The molecule has 0 aliphatic carbocycles. The Hall–Kier alpha value is -1.41. The maximum Gasteiger partial charge on any atom is 0.267 e. The summed E-state index contributed by atoms with van der Waals surface area (Å²) < 4.78 is 6.66. The molecule has 1 N–H and O–H groups in total. The van der Waals surface area contributed by atoms with E-state index in [2.05, 4.69) is 29.1 Å². The highest BCUT2D eigenvalue weighted by Crippen LogP contribution is 2.28. The topological polar surface area (TPSA) is 49.8 Å². The molecule has 136 valence electrons. The molecule has 25 heavy (non-hydrogen) atoms. The van der Waals surface area contributed by atoms with E-state index in [1.165, 1.54) is 6.26 Å². The van der Waals surface area contributed by atoms with Gasteiger partial charge in [0.15, 0.2) is 0 Å². The molecule has 0 unspecified atom stereocenters. The highest BCUT2D eigenvalue weighted by Gasteiger charge is 2.29. The molecule has 1 amide bonds. The average Bonchev–Trinajstić information content (AvgIpc) is 2.87. The first-order valence-corrected chi connectivity index (χ1v) is 9.49. The second kappa shape index (κ2) is 12.9. The van der Waals surface area contributed by atoms with Gasteiger partial charge < -0.3 is 9.84 Å². The number of carbonyl (C=O) groups is 1. The van der Waals surface area contributed by atoms with Crippen LogP contribution < -0.4 is 0 Å². The van der Waals surface area contributed by atoms with Gasteiger partial charge in [-0.05, 0) is 25.1 Å². The largest absolute Gasteiger partial charge is 0.465 e. The number of amides is 1. The fourth-order valence-corrected chi connectivity index (χ4v) is 2.93. The number of aliphatic hydroxyl groups excluding tert-OH is 1. The first-order chi connectivity index (χ1) is 11.9. The van der Waals surface area contributed by atoms with Crippen molar-refractivity contribution in [3.63, 3.8) is 0 Å². The minimum Gasteiger partial charge on any atom is -0.465 e. The molecule has 1 saturated heterocycles. The molecule has 1 heterocycles. The van der Waals surface area contributed by atoms with Crippen molar-refractivity contribution in [3.8, 4) is 0 Å². The van der Waals surface area contributed by atoms with Crippen LogP contribution in [0.2, 0.25) is 0 Å². The summed E-state index contributed by atoms with van der Waals surface area (Å²) in [5.74, 6) is 0.528. The number of thiocarbonyl (C=S) groups is 1. The molecule has 1 fully saturated rings. The molecular formula is C18H22BrNO3S2. The lowest BCUT2D eigenvalue weighted by Gasteiger charge is -2.08. The molecule has 0 spiro atoms. The molecule has 0 aromatic heterocycles. The third-order valence-electron chi connectivity index (χ3n) is 2.66. The normalized spacial score (nSPS) is 13.6. The number of hydrogen-bond donors (Lipinski definition) is 1. The predicted molar refractivity (Wildman–Crippen MR) is 114 cm³/mol. The number of hydrogen-bond acceptors (Lipinski definition) is 5. The minimum absolute atomic E-state index is 0.294. The summed E-state index contributed by atoms with van der Waals surface area (Å²) in [6, 6.07) is 7.93. The van der Waals surface area contributed by atoms with Crippen molar-refractivity contribution in [3.05, 3.63) is 64.7 Å². The van der Waals surface area contributed by atoms with E-state index in [9.17, 15) is 4.79 Å². The Kier molecular flexibility index (Phi) is 12.2. The number of ether oxygens (including phenoxy) is 1. The zero-order chi connectivity index (χ0) is 19.4. The van der Waals surface area contributed by atoms with Crippen molar-refractivity contribution in [2.75, 3.05) is 6.73 Å². The number of allylic oxidation sites excluding steroid dienone is 1.